The number of piperidine rings is 1. The first kappa shape index (κ1) is 17.8. The molecule has 134 valence electrons. The van der Waals surface area contributed by atoms with Crippen molar-refractivity contribution in [3.05, 3.63) is 16.4 Å². The van der Waals surface area contributed by atoms with Gasteiger partial charge in [0, 0.05) is 20.1 Å². The van der Waals surface area contributed by atoms with Crippen molar-refractivity contribution in [3.8, 4) is 0 Å². The maximum atomic E-state index is 13.3. The van der Waals surface area contributed by atoms with Crippen molar-refractivity contribution in [1.82, 2.24) is 14.7 Å². The van der Waals surface area contributed by atoms with Crippen LogP contribution in [0.25, 0.3) is 0 Å². The summed E-state index contributed by atoms with van der Waals surface area (Å²) in [6.07, 6.45) is 7.56. The van der Waals surface area contributed by atoms with Crippen LogP contribution in [0.1, 0.15) is 81.3 Å². The minimum Gasteiger partial charge on any atom is -0.338 e. The SMILES string of the molecule is CC(C)c1nn(C)c(Cl)c1C(=O)N1CCC(C)C2(CCCCC2)C1. The van der Waals surface area contributed by atoms with E-state index < -0.39 is 0 Å². The summed E-state index contributed by atoms with van der Waals surface area (Å²) in [5, 5.41) is 4.95. The normalized spacial score (nSPS) is 23.9. The number of carbonyl (C=O) groups excluding carboxylic acids is 1. The van der Waals surface area contributed by atoms with Gasteiger partial charge >= 0.3 is 0 Å². The van der Waals surface area contributed by atoms with Gasteiger partial charge in [-0.25, -0.2) is 0 Å². The fraction of sp³-hybridized carbons (Fsp3) is 0.789. The van der Waals surface area contributed by atoms with Crippen molar-refractivity contribution < 1.29 is 4.79 Å². The largest absolute Gasteiger partial charge is 0.338 e. The number of aromatic nitrogens is 2. The number of nitrogens with zero attached hydrogens (tertiary/aromatic N) is 3. The summed E-state index contributed by atoms with van der Waals surface area (Å²) in [5.74, 6) is 0.972. The maximum absolute atomic E-state index is 13.3. The molecule has 1 aliphatic carbocycles. The summed E-state index contributed by atoms with van der Waals surface area (Å²) < 4.78 is 1.63. The summed E-state index contributed by atoms with van der Waals surface area (Å²) in [6, 6.07) is 0. The molecule has 2 fully saturated rings. The van der Waals surface area contributed by atoms with E-state index in [4.69, 9.17) is 11.6 Å². The first-order chi connectivity index (χ1) is 11.4. The third-order valence-electron chi connectivity index (χ3n) is 6.28. The second-order valence-corrected chi connectivity index (χ2v) is 8.53. The molecule has 1 saturated carbocycles. The minimum absolute atomic E-state index is 0.0775. The number of hydrogen-bond donors (Lipinski definition) is 0. The quantitative estimate of drug-likeness (QED) is 0.779. The lowest BCUT2D eigenvalue weighted by molar-refractivity contribution is 0.00676. The third kappa shape index (κ3) is 2.98. The van der Waals surface area contributed by atoms with E-state index in [0.717, 1.165) is 25.2 Å². The average Bonchev–Trinajstić information content (AvgIpc) is 2.86. The van der Waals surface area contributed by atoms with E-state index in [2.05, 4.69) is 30.8 Å². The van der Waals surface area contributed by atoms with Crippen molar-refractivity contribution in [3.63, 3.8) is 0 Å². The molecule has 1 atom stereocenters. The Labute approximate surface area is 150 Å². The lowest BCUT2D eigenvalue weighted by atomic mass is 9.63. The number of likely N-dealkylation sites (tertiary alicyclic amines) is 1. The van der Waals surface area contributed by atoms with E-state index in [1.165, 1.54) is 32.1 Å². The zero-order valence-electron chi connectivity index (χ0n) is 15.4. The van der Waals surface area contributed by atoms with Crippen molar-refractivity contribution >= 4 is 17.5 Å². The molecule has 0 aromatic carbocycles. The summed E-state index contributed by atoms with van der Waals surface area (Å²) in [6.45, 7) is 8.23. The van der Waals surface area contributed by atoms with Gasteiger partial charge in [-0.3, -0.25) is 9.48 Å². The van der Waals surface area contributed by atoms with E-state index in [1.54, 1.807) is 4.68 Å². The van der Waals surface area contributed by atoms with Gasteiger partial charge < -0.3 is 4.90 Å². The van der Waals surface area contributed by atoms with Gasteiger partial charge in [-0.05, 0) is 36.5 Å². The highest BCUT2D eigenvalue weighted by molar-refractivity contribution is 6.33. The van der Waals surface area contributed by atoms with Crippen LogP contribution in [-0.2, 0) is 7.05 Å². The molecule has 3 rings (SSSR count). The van der Waals surface area contributed by atoms with Crippen LogP contribution in [0.2, 0.25) is 5.15 Å². The second-order valence-electron chi connectivity index (χ2n) is 8.17. The Kier molecular flexibility index (Phi) is 4.96. The number of halogens is 1. The highest BCUT2D eigenvalue weighted by atomic mass is 35.5. The minimum atomic E-state index is 0.0775. The van der Waals surface area contributed by atoms with Crippen molar-refractivity contribution in [2.45, 2.75) is 65.2 Å². The lowest BCUT2D eigenvalue weighted by Crippen LogP contribution is -2.51. The van der Waals surface area contributed by atoms with Gasteiger partial charge in [-0.2, -0.15) is 5.10 Å². The maximum Gasteiger partial charge on any atom is 0.258 e. The molecule has 1 saturated heterocycles. The number of aryl methyl sites for hydroxylation is 1. The molecule has 0 bridgehead atoms. The average molecular weight is 352 g/mol. The van der Waals surface area contributed by atoms with Crippen molar-refractivity contribution in [2.24, 2.45) is 18.4 Å². The second kappa shape index (κ2) is 6.70. The molecule has 1 aromatic rings. The Bertz CT molecular complexity index is 616. The lowest BCUT2D eigenvalue weighted by Gasteiger charge is -2.49. The van der Waals surface area contributed by atoms with Gasteiger partial charge in [0.25, 0.3) is 5.91 Å². The standard InChI is InChI=1S/C19H30ClN3O/c1-13(2)16-15(17(20)22(4)21-16)18(24)23-11-8-14(3)19(12-23)9-6-5-7-10-19/h13-14H,5-12H2,1-4H3. The number of amides is 1. The van der Waals surface area contributed by atoms with Crippen LogP contribution in [0, 0.1) is 11.3 Å². The van der Waals surface area contributed by atoms with Gasteiger partial charge in [0.2, 0.25) is 0 Å². The fourth-order valence-electron chi connectivity index (χ4n) is 4.63. The van der Waals surface area contributed by atoms with E-state index in [-0.39, 0.29) is 11.8 Å². The topological polar surface area (TPSA) is 38.1 Å². The number of rotatable bonds is 2. The Morgan fingerprint density at radius 2 is 1.96 bits per heavy atom. The Balaban J connectivity index is 1.88. The molecule has 4 nitrogen and oxygen atoms in total. The zero-order valence-corrected chi connectivity index (χ0v) is 16.2. The summed E-state index contributed by atoms with van der Waals surface area (Å²) in [7, 11) is 1.81. The fourth-order valence-corrected chi connectivity index (χ4v) is 4.85. The van der Waals surface area contributed by atoms with Crippen molar-refractivity contribution in [1.29, 1.82) is 0 Å². The molecule has 1 amide bonds. The highest BCUT2D eigenvalue weighted by Gasteiger charge is 2.43. The third-order valence-corrected chi connectivity index (χ3v) is 6.72. The molecule has 0 N–H and O–H groups in total. The molecular formula is C19H30ClN3O. The van der Waals surface area contributed by atoms with Gasteiger partial charge in [0.1, 0.15) is 5.15 Å². The Morgan fingerprint density at radius 1 is 1.29 bits per heavy atom. The molecule has 1 aliphatic heterocycles. The predicted molar refractivity (Wildman–Crippen MR) is 97.5 cm³/mol. The van der Waals surface area contributed by atoms with Crippen LogP contribution < -0.4 is 0 Å². The zero-order chi connectivity index (χ0) is 17.5. The Hall–Kier alpha value is -1.03. The number of carbonyl (C=O) groups is 1. The van der Waals surface area contributed by atoms with Gasteiger partial charge in [-0.15, -0.1) is 0 Å². The van der Waals surface area contributed by atoms with Crippen LogP contribution in [0.15, 0.2) is 0 Å². The smallest absolute Gasteiger partial charge is 0.258 e. The number of hydrogen-bond acceptors (Lipinski definition) is 2. The van der Waals surface area contributed by atoms with Crippen molar-refractivity contribution in [2.75, 3.05) is 13.1 Å². The molecule has 1 spiro atoms. The van der Waals surface area contributed by atoms with E-state index in [0.29, 0.717) is 22.0 Å². The molecule has 2 heterocycles. The summed E-state index contributed by atoms with van der Waals surface area (Å²) >= 11 is 6.43. The van der Waals surface area contributed by atoms with Crippen LogP contribution >= 0.6 is 11.6 Å². The summed E-state index contributed by atoms with van der Waals surface area (Å²) in [4.78, 5) is 15.3. The molecular weight excluding hydrogens is 322 g/mol. The Morgan fingerprint density at radius 3 is 2.58 bits per heavy atom. The first-order valence-corrected chi connectivity index (χ1v) is 9.75. The van der Waals surface area contributed by atoms with E-state index >= 15 is 0 Å². The first-order valence-electron chi connectivity index (χ1n) is 9.37. The van der Waals surface area contributed by atoms with Gasteiger partial charge in [-0.1, -0.05) is 51.6 Å². The van der Waals surface area contributed by atoms with Crippen LogP contribution in [0.4, 0.5) is 0 Å². The monoisotopic (exact) mass is 351 g/mol. The molecule has 5 heteroatoms. The van der Waals surface area contributed by atoms with Crippen LogP contribution in [0.3, 0.4) is 0 Å². The van der Waals surface area contributed by atoms with Gasteiger partial charge in [0.15, 0.2) is 0 Å². The summed E-state index contributed by atoms with van der Waals surface area (Å²) in [5.41, 5.74) is 1.76. The predicted octanol–water partition coefficient (Wildman–Crippen LogP) is 4.63. The molecule has 1 aromatic heterocycles. The van der Waals surface area contributed by atoms with E-state index in [1.807, 2.05) is 7.05 Å². The van der Waals surface area contributed by atoms with Crippen LogP contribution in [0.5, 0.6) is 0 Å². The molecule has 0 radical (unpaired) electrons. The van der Waals surface area contributed by atoms with Crippen LogP contribution in [-0.4, -0.2) is 33.7 Å². The molecule has 1 unspecified atom stereocenters. The van der Waals surface area contributed by atoms with Gasteiger partial charge in [0.05, 0.1) is 11.3 Å². The molecule has 24 heavy (non-hydrogen) atoms. The van der Waals surface area contributed by atoms with E-state index in [9.17, 15) is 4.79 Å². The highest BCUT2D eigenvalue weighted by Crippen LogP contribution is 2.47. The molecule has 2 aliphatic rings.